The van der Waals surface area contributed by atoms with Crippen molar-refractivity contribution in [2.24, 2.45) is 0 Å². The Morgan fingerprint density at radius 1 is 1.13 bits per heavy atom. The van der Waals surface area contributed by atoms with Crippen molar-refractivity contribution >= 4 is 11.7 Å². The Morgan fingerprint density at radius 3 is 2.47 bits per heavy atom. The number of carbonyl (C=O) groups is 2. The van der Waals surface area contributed by atoms with Crippen LogP contribution in [-0.2, 0) is 20.9 Å². The maximum atomic E-state index is 12.6. The molecule has 2 aromatic carbocycles. The van der Waals surface area contributed by atoms with Crippen molar-refractivity contribution < 1.29 is 24.2 Å². The molecule has 1 aliphatic heterocycles. The highest BCUT2D eigenvalue weighted by atomic mass is 16.5. The van der Waals surface area contributed by atoms with E-state index in [2.05, 4.69) is 0 Å². The normalized spacial score (nSPS) is 16.3. The number of amides is 1. The number of nitrogens with zero attached hydrogens (tertiary/aromatic N) is 1. The molecule has 0 radical (unpaired) electrons. The van der Waals surface area contributed by atoms with E-state index in [0.29, 0.717) is 19.0 Å². The Labute approximate surface area is 176 Å². The number of ketones is 1. The standard InChI is InChI=1S/C24H27NO5/c1-4-20(26)21-22(25(13-14-29-3)24(28)23(21)27)17-9-11-19(12-10-17)30-15-18-8-6-5-7-16(18)2/h5-12,22,27H,4,13-15H2,1-3H3. The summed E-state index contributed by atoms with van der Waals surface area (Å²) in [5, 5.41) is 10.4. The Bertz CT molecular complexity index is 948. The van der Waals surface area contributed by atoms with E-state index in [9.17, 15) is 14.7 Å². The van der Waals surface area contributed by atoms with Crippen LogP contribution in [0.25, 0.3) is 0 Å². The van der Waals surface area contributed by atoms with E-state index in [0.717, 1.165) is 16.7 Å². The van der Waals surface area contributed by atoms with Crippen LogP contribution in [0.4, 0.5) is 0 Å². The molecule has 3 rings (SSSR count). The fraction of sp³-hybridized carbons (Fsp3) is 0.333. The monoisotopic (exact) mass is 409 g/mol. The molecule has 2 aromatic rings. The number of Topliss-reactive ketones (excluding diaryl/α,β-unsaturated/α-hetero) is 1. The van der Waals surface area contributed by atoms with Gasteiger partial charge in [0.25, 0.3) is 5.91 Å². The van der Waals surface area contributed by atoms with Crippen molar-refractivity contribution in [1.82, 2.24) is 4.90 Å². The van der Waals surface area contributed by atoms with E-state index >= 15 is 0 Å². The molecule has 1 unspecified atom stereocenters. The fourth-order valence-corrected chi connectivity index (χ4v) is 3.58. The molecule has 0 saturated carbocycles. The van der Waals surface area contributed by atoms with E-state index in [1.54, 1.807) is 14.0 Å². The van der Waals surface area contributed by atoms with Gasteiger partial charge in [0.1, 0.15) is 12.4 Å². The van der Waals surface area contributed by atoms with Gasteiger partial charge in [-0.1, -0.05) is 43.3 Å². The third-order valence-electron chi connectivity index (χ3n) is 5.31. The number of rotatable bonds is 9. The minimum atomic E-state index is -0.634. The predicted molar refractivity (Wildman–Crippen MR) is 113 cm³/mol. The van der Waals surface area contributed by atoms with Gasteiger partial charge in [-0.25, -0.2) is 0 Å². The number of aryl methyl sites for hydroxylation is 1. The molecule has 0 aliphatic carbocycles. The molecule has 0 saturated heterocycles. The molecule has 158 valence electrons. The number of ether oxygens (including phenoxy) is 2. The highest BCUT2D eigenvalue weighted by Gasteiger charge is 2.42. The van der Waals surface area contributed by atoms with Crippen LogP contribution in [0.15, 0.2) is 59.9 Å². The van der Waals surface area contributed by atoms with Gasteiger partial charge in [-0.05, 0) is 35.7 Å². The highest BCUT2D eigenvalue weighted by Crippen LogP contribution is 2.38. The van der Waals surface area contributed by atoms with Crippen LogP contribution < -0.4 is 4.74 Å². The lowest BCUT2D eigenvalue weighted by Gasteiger charge is -2.26. The van der Waals surface area contributed by atoms with Gasteiger partial charge in [-0.15, -0.1) is 0 Å². The van der Waals surface area contributed by atoms with Gasteiger partial charge >= 0.3 is 0 Å². The van der Waals surface area contributed by atoms with Crippen molar-refractivity contribution in [2.75, 3.05) is 20.3 Å². The average Bonchev–Trinajstić information content (AvgIpc) is 3.01. The quantitative estimate of drug-likeness (QED) is 0.680. The molecule has 0 spiro atoms. The minimum absolute atomic E-state index is 0.146. The third kappa shape index (κ3) is 4.39. The number of aliphatic hydroxyl groups is 1. The van der Waals surface area contributed by atoms with Crippen molar-refractivity contribution in [3.63, 3.8) is 0 Å². The van der Waals surface area contributed by atoms with Gasteiger partial charge in [-0.3, -0.25) is 9.59 Å². The lowest BCUT2D eigenvalue weighted by molar-refractivity contribution is -0.130. The number of hydrogen-bond acceptors (Lipinski definition) is 5. The first-order valence-electron chi connectivity index (χ1n) is 10.0. The van der Waals surface area contributed by atoms with Crippen molar-refractivity contribution in [3.8, 4) is 5.75 Å². The average molecular weight is 409 g/mol. The predicted octanol–water partition coefficient (Wildman–Crippen LogP) is 3.89. The van der Waals surface area contributed by atoms with Crippen molar-refractivity contribution in [1.29, 1.82) is 0 Å². The zero-order valence-corrected chi connectivity index (χ0v) is 17.6. The summed E-state index contributed by atoms with van der Waals surface area (Å²) in [5.41, 5.74) is 3.16. The molecule has 0 fully saturated rings. The topological polar surface area (TPSA) is 76.1 Å². The second kappa shape index (κ2) is 9.59. The van der Waals surface area contributed by atoms with Crippen LogP contribution in [0.5, 0.6) is 5.75 Å². The van der Waals surface area contributed by atoms with E-state index in [-0.39, 0.29) is 24.3 Å². The van der Waals surface area contributed by atoms with Gasteiger partial charge in [-0.2, -0.15) is 0 Å². The summed E-state index contributed by atoms with van der Waals surface area (Å²) in [6.07, 6.45) is 0.207. The molecule has 1 N–H and O–H groups in total. The molecule has 1 aliphatic rings. The second-order valence-electron chi connectivity index (χ2n) is 7.22. The largest absolute Gasteiger partial charge is 0.503 e. The Morgan fingerprint density at radius 2 is 1.83 bits per heavy atom. The minimum Gasteiger partial charge on any atom is -0.503 e. The number of hydrogen-bond donors (Lipinski definition) is 1. The molecule has 6 heteroatoms. The van der Waals surface area contributed by atoms with Crippen LogP contribution in [0, 0.1) is 6.92 Å². The van der Waals surface area contributed by atoms with Crippen LogP contribution in [0.3, 0.4) is 0 Å². The molecule has 1 amide bonds. The number of benzene rings is 2. The number of aliphatic hydroxyl groups excluding tert-OH is 1. The van der Waals surface area contributed by atoms with E-state index in [4.69, 9.17) is 9.47 Å². The van der Waals surface area contributed by atoms with Gasteiger partial charge < -0.3 is 19.5 Å². The van der Waals surface area contributed by atoms with Gasteiger partial charge in [0, 0.05) is 20.1 Å². The first kappa shape index (κ1) is 21.6. The van der Waals surface area contributed by atoms with Gasteiger partial charge in [0.15, 0.2) is 11.5 Å². The second-order valence-corrected chi connectivity index (χ2v) is 7.22. The Hall–Kier alpha value is -3.12. The first-order chi connectivity index (χ1) is 14.5. The molecular weight excluding hydrogens is 382 g/mol. The van der Waals surface area contributed by atoms with E-state index in [1.165, 1.54) is 4.90 Å². The highest BCUT2D eigenvalue weighted by molar-refractivity contribution is 6.08. The van der Waals surface area contributed by atoms with Crippen LogP contribution in [0.1, 0.15) is 36.1 Å². The molecule has 1 atom stereocenters. The summed E-state index contributed by atoms with van der Waals surface area (Å²) in [6.45, 7) is 4.79. The third-order valence-corrected chi connectivity index (χ3v) is 5.31. The molecular formula is C24H27NO5. The molecule has 30 heavy (non-hydrogen) atoms. The summed E-state index contributed by atoms with van der Waals surface area (Å²) >= 11 is 0. The van der Waals surface area contributed by atoms with Crippen LogP contribution in [0.2, 0.25) is 0 Å². The number of methoxy groups -OCH3 is 1. The zero-order valence-electron chi connectivity index (χ0n) is 17.6. The lowest BCUT2D eigenvalue weighted by Crippen LogP contribution is -2.33. The maximum absolute atomic E-state index is 12.6. The summed E-state index contributed by atoms with van der Waals surface area (Å²) < 4.78 is 11.0. The zero-order chi connectivity index (χ0) is 21.7. The lowest BCUT2D eigenvalue weighted by atomic mass is 9.95. The van der Waals surface area contributed by atoms with Crippen molar-refractivity contribution in [2.45, 2.75) is 32.9 Å². The summed E-state index contributed by atoms with van der Waals surface area (Å²) in [6, 6.07) is 14.7. The van der Waals surface area contributed by atoms with Crippen LogP contribution >= 0.6 is 0 Å². The summed E-state index contributed by atoms with van der Waals surface area (Å²) in [5.74, 6) is -0.575. The first-order valence-corrected chi connectivity index (χ1v) is 10.0. The molecule has 6 nitrogen and oxygen atoms in total. The number of carbonyl (C=O) groups excluding carboxylic acids is 2. The summed E-state index contributed by atoms with van der Waals surface area (Å²) in [4.78, 5) is 26.5. The molecule has 1 heterocycles. The van der Waals surface area contributed by atoms with Gasteiger partial charge in [0.05, 0.1) is 18.2 Å². The molecule has 0 bridgehead atoms. The Kier molecular flexibility index (Phi) is 6.90. The van der Waals surface area contributed by atoms with E-state index < -0.39 is 17.7 Å². The maximum Gasteiger partial charge on any atom is 0.290 e. The summed E-state index contributed by atoms with van der Waals surface area (Å²) in [7, 11) is 1.54. The van der Waals surface area contributed by atoms with Crippen molar-refractivity contribution in [3.05, 3.63) is 76.6 Å². The SMILES string of the molecule is CCC(=O)C1=C(O)C(=O)N(CCOC)C1c1ccc(OCc2ccccc2C)cc1. The smallest absolute Gasteiger partial charge is 0.290 e. The fourth-order valence-electron chi connectivity index (χ4n) is 3.58. The van der Waals surface area contributed by atoms with E-state index in [1.807, 2.05) is 55.5 Å². The Balaban J connectivity index is 1.83. The van der Waals surface area contributed by atoms with Gasteiger partial charge in [0.2, 0.25) is 0 Å². The molecule has 0 aromatic heterocycles. The van der Waals surface area contributed by atoms with Crippen LogP contribution in [-0.4, -0.2) is 42.0 Å².